The molecule has 31 heavy (non-hydrogen) atoms. The fourth-order valence-electron chi connectivity index (χ4n) is 3.78. The zero-order valence-electron chi connectivity index (χ0n) is 17.8. The van der Waals surface area contributed by atoms with E-state index in [4.69, 9.17) is 4.74 Å². The van der Waals surface area contributed by atoms with E-state index in [1.807, 2.05) is 11.8 Å². The molecular formula is C23H29N3O4S. The lowest BCUT2D eigenvalue weighted by Gasteiger charge is -2.34. The van der Waals surface area contributed by atoms with Crippen molar-refractivity contribution < 1.29 is 17.9 Å². The highest BCUT2D eigenvalue weighted by atomic mass is 32.2. The van der Waals surface area contributed by atoms with Crippen LogP contribution in [0.5, 0.6) is 5.75 Å². The Morgan fingerprint density at radius 2 is 1.77 bits per heavy atom. The third-order valence-electron chi connectivity index (χ3n) is 5.68. The van der Waals surface area contributed by atoms with Gasteiger partial charge in [0.15, 0.2) is 0 Å². The van der Waals surface area contributed by atoms with Gasteiger partial charge in [0.1, 0.15) is 5.75 Å². The van der Waals surface area contributed by atoms with Gasteiger partial charge in [0.05, 0.1) is 11.5 Å². The van der Waals surface area contributed by atoms with Crippen molar-refractivity contribution in [2.75, 3.05) is 44.1 Å². The number of carbonyl (C=O) groups is 1. The van der Waals surface area contributed by atoms with Crippen molar-refractivity contribution in [1.29, 1.82) is 0 Å². The quantitative estimate of drug-likeness (QED) is 0.678. The molecule has 0 radical (unpaired) electrons. The molecule has 1 amide bonds. The zero-order valence-corrected chi connectivity index (χ0v) is 18.6. The zero-order chi connectivity index (χ0) is 21.8. The molecule has 1 N–H and O–H groups in total. The maximum atomic E-state index is 13.0. The van der Waals surface area contributed by atoms with Gasteiger partial charge >= 0.3 is 0 Å². The van der Waals surface area contributed by atoms with Crippen molar-refractivity contribution in [2.45, 2.75) is 24.7 Å². The SMILES string of the molecule is CCOc1ccc(NS(=O)(=O)c2cccc(C(=O)N3CCN(CC4CC4)CC3)c2)cc1. The number of benzene rings is 2. The van der Waals surface area contributed by atoms with Gasteiger partial charge in [0, 0.05) is 44.0 Å². The summed E-state index contributed by atoms with van der Waals surface area (Å²) in [5.74, 6) is 1.39. The van der Waals surface area contributed by atoms with Gasteiger partial charge in [0.2, 0.25) is 0 Å². The van der Waals surface area contributed by atoms with Crippen LogP contribution in [-0.2, 0) is 10.0 Å². The number of sulfonamides is 1. The molecule has 0 atom stereocenters. The molecule has 0 spiro atoms. The number of amides is 1. The van der Waals surface area contributed by atoms with Gasteiger partial charge in [-0.1, -0.05) is 6.07 Å². The molecule has 0 aromatic heterocycles. The number of hydrogen-bond acceptors (Lipinski definition) is 5. The Morgan fingerprint density at radius 3 is 2.42 bits per heavy atom. The number of hydrogen-bond donors (Lipinski definition) is 1. The summed E-state index contributed by atoms with van der Waals surface area (Å²) < 4.78 is 33.6. The number of carbonyl (C=O) groups excluding carboxylic acids is 1. The molecule has 1 aliphatic heterocycles. The van der Waals surface area contributed by atoms with Gasteiger partial charge in [-0.2, -0.15) is 0 Å². The standard InChI is InChI=1S/C23H29N3O4S/c1-2-30-21-10-8-20(9-11-21)24-31(28,29)22-5-3-4-19(16-22)23(27)26-14-12-25(13-15-26)17-18-6-7-18/h3-5,8-11,16,18,24H,2,6-7,12-15,17H2,1H3. The molecule has 2 aromatic carbocycles. The van der Waals surface area contributed by atoms with Crippen molar-refractivity contribution >= 4 is 21.6 Å². The second-order valence-corrected chi connectivity index (χ2v) is 9.81. The van der Waals surface area contributed by atoms with Crippen LogP contribution in [0.2, 0.25) is 0 Å². The first-order valence-electron chi connectivity index (χ1n) is 10.8. The lowest BCUT2D eigenvalue weighted by atomic mass is 10.2. The minimum Gasteiger partial charge on any atom is -0.494 e. The van der Waals surface area contributed by atoms with Crippen LogP contribution in [0.15, 0.2) is 53.4 Å². The van der Waals surface area contributed by atoms with Crippen molar-refractivity contribution in [2.24, 2.45) is 5.92 Å². The first kappa shape index (κ1) is 21.6. The highest BCUT2D eigenvalue weighted by Gasteiger charge is 2.28. The van der Waals surface area contributed by atoms with E-state index >= 15 is 0 Å². The monoisotopic (exact) mass is 443 g/mol. The van der Waals surface area contributed by atoms with Crippen LogP contribution in [0.4, 0.5) is 5.69 Å². The van der Waals surface area contributed by atoms with Crippen LogP contribution in [0, 0.1) is 5.92 Å². The van der Waals surface area contributed by atoms with Crippen molar-refractivity contribution in [3.05, 3.63) is 54.1 Å². The summed E-state index contributed by atoms with van der Waals surface area (Å²) in [5.41, 5.74) is 0.831. The third-order valence-corrected chi connectivity index (χ3v) is 7.06. The van der Waals surface area contributed by atoms with Crippen molar-refractivity contribution in [3.8, 4) is 5.75 Å². The molecule has 1 aliphatic carbocycles. The minimum absolute atomic E-state index is 0.0691. The minimum atomic E-state index is -3.81. The fraction of sp³-hybridized carbons (Fsp3) is 0.435. The van der Waals surface area contributed by atoms with E-state index < -0.39 is 10.0 Å². The third kappa shape index (κ3) is 5.57. The number of nitrogens with one attached hydrogen (secondary N) is 1. The van der Waals surface area contributed by atoms with E-state index in [-0.39, 0.29) is 10.8 Å². The second-order valence-electron chi connectivity index (χ2n) is 8.13. The normalized spacial score (nSPS) is 17.4. The van der Waals surface area contributed by atoms with Gasteiger partial charge in [-0.15, -0.1) is 0 Å². The molecule has 7 nitrogen and oxygen atoms in total. The van der Waals surface area contributed by atoms with Crippen LogP contribution in [-0.4, -0.2) is 63.5 Å². The molecule has 0 bridgehead atoms. The lowest BCUT2D eigenvalue weighted by Crippen LogP contribution is -2.49. The average Bonchev–Trinajstić information content (AvgIpc) is 3.59. The van der Waals surface area contributed by atoms with E-state index in [2.05, 4.69) is 9.62 Å². The maximum Gasteiger partial charge on any atom is 0.261 e. The summed E-state index contributed by atoms with van der Waals surface area (Å²) in [4.78, 5) is 17.3. The molecule has 2 fully saturated rings. The Kier molecular flexibility index (Phi) is 6.48. The fourth-order valence-corrected chi connectivity index (χ4v) is 4.88. The Hall–Kier alpha value is -2.58. The number of ether oxygens (including phenoxy) is 1. The largest absolute Gasteiger partial charge is 0.494 e. The summed E-state index contributed by atoms with van der Waals surface area (Å²) in [6.45, 7) is 6.66. The van der Waals surface area contributed by atoms with Gasteiger partial charge in [-0.25, -0.2) is 8.42 Å². The Balaban J connectivity index is 1.41. The van der Waals surface area contributed by atoms with Crippen LogP contribution in [0.3, 0.4) is 0 Å². The lowest BCUT2D eigenvalue weighted by molar-refractivity contribution is 0.0632. The molecule has 1 heterocycles. The highest BCUT2D eigenvalue weighted by molar-refractivity contribution is 7.92. The Bertz CT molecular complexity index is 1010. The van der Waals surface area contributed by atoms with Gasteiger partial charge in [-0.05, 0) is 68.1 Å². The van der Waals surface area contributed by atoms with Crippen LogP contribution < -0.4 is 9.46 Å². The molecule has 2 aromatic rings. The van der Waals surface area contributed by atoms with Crippen molar-refractivity contribution in [3.63, 3.8) is 0 Å². The highest BCUT2D eigenvalue weighted by Crippen LogP contribution is 2.30. The molecule has 166 valence electrons. The first-order valence-corrected chi connectivity index (χ1v) is 12.3. The summed E-state index contributed by atoms with van der Waals surface area (Å²) in [6.07, 6.45) is 2.65. The molecule has 2 aliphatic rings. The summed E-state index contributed by atoms with van der Waals surface area (Å²) in [5, 5.41) is 0. The first-order chi connectivity index (χ1) is 14.9. The number of nitrogens with zero attached hydrogens (tertiary/aromatic N) is 2. The van der Waals surface area contributed by atoms with Crippen LogP contribution in [0.25, 0.3) is 0 Å². The van der Waals surface area contributed by atoms with E-state index in [9.17, 15) is 13.2 Å². The number of rotatable bonds is 8. The molecular weight excluding hydrogens is 414 g/mol. The van der Waals surface area contributed by atoms with Gasteiger partial charge in [-0.3, -0.25) is 14.4 Å². The van der Waals surface area contributed by atoms with Crippen molar-refractivity contribution in [1.82, 2.24) is 9.80 Å². The summed E-state index contributed by atoms with van der Waals surface area (Å²) in [6, 6.07) is 13.0. The average molecular weight is 444 g/mol. The van der Waals surface area contributed by atoms with Crippen LogP contribution >= 0.6 is 0 Å². The maximum absolute atomic E-state index is 13.0. The van der Waals surface area contributed by atoms with E-state index in [1.165, 1.54) is 25.0 Å². The molecule has 4 rings (SSSR count). The predicted octanol–water partition coefficient (Wildman–Crippen LogP) is 3.05. The van der Waals surface area contributed by atoms with E-state index in [0.717, 1.165) is 25.6 Å². The van der Waals surface area contributed by atoms with Crippen LogP contribution in [0.1, 0.15) is 30.1 Å². The summed E-state index contributed by atoms with van der Waals surface area (Å²) in [7, 11) is -3.81. The van der Waals surface area contributed by atoms with Gasteiger partial charge < -0.3 is 9.64 Å². The summed E-state index contributed by atoms with van der Waals surface area (Å²) >= 11 is 0. The second kappa shape index (κ2) is 9.28. The molecule has 1 saturated heterocycles. The Morgan fingerprint density at radius 1 is 1.06 bits per heavy atom. The molecule has 1 saturated carbocycles. The molecule has 8 heteroatoms. The molecule has 0 unspecified atom stereocenters. The number of piperazine rings is 1. The van der Waals surface area contributed by atoms with Gasteiger partial charge in [0.25, 0.3) is 15.9 Å². The number of anilines is 1. The topological polar surface area (TPSA) is 78.9 Å². The smallest absolute Gasteiger partial charge is 0.261 e. The van der Waals surface area contributed by atoms with E-state index in [1.54, 1.807) is 36.4 Å². The Labute approximate surface area is 184 Å². The van der Waals surface area contributed by atoms with E-state index in [0.29, 0.717) is 36.7 Å². The predicted molar refractivity (Wildman–Crippen MR) is 120 cm³/mol.